The van der Waals surface area contributed by atoms with Crippen LogP contribution in [0.5, 0.6) is 0 Å². The smallest absolute Gasteiger partial charge is 0.0723 e. The molecule has 0 unspecified atom stereocenters. The third-order valence-corrected chi connectivity index (χ3v) is 3.62. The largest absolute Gasteiger partial charge is 0.383 e. The van der Waals surface area contributed by atoms with Crippen LogP contribution in [0.4, 0.5) is 5.69 Å². The van der Waals surface area contributed by atoms with Gasteiger partial charge in [0.15, 0.2) is 0 Å². The minimum absolute atomic E-state index is 0.826. The Balaban J connectivity index is 1.75. The van der Waals surface area contributed by atoms with Crippen LogP contribution in [-0.2, 0) is 6.54 Å². The fourth-order valence-electron chi connectivity index (χ4n) is 2.17. The van der Waals surface area contributed by atoms with E-state index < -0.39 is 0 Å². The maximum atomic E-state index is 4.37. The van der Waals surface area contributed by atoms with Gasteiger partial charge in [0.1, 0.15) is 0 Å². The zero-order valence-corrected chi connectivity index (χ0v) is 12.8. The predicted molar refractivity (Wildman–Crippen MR) is 84.9 cm³/mol. The van der Waals surface area contributed by atoms with Gasteiger partial charge in [0.25, 0.3) is 0 Å². The first kappa shape index (κ1) is 13.1. The number of nitrogens with zero attached hydrogens (tertiary/aromatic N) is 3. The van der Waals surface area contributed by atoms with Gasteiger partial charge < -0.3 is 5.32 Å². The monoisotopic (exact) mass is 330 g/mol. The lowest BCUT2D eigenvalue weighted by Crippen LogP contribution is -2.11. The summed E-state index contributed by atoms with van der Waals surface area (Å²) in [6.07, 6.45) is 5.75. The molecule has 0 bridgehead atoms. The molecule has 1 N–H and O–H groups in total. The molecule has 0 spiro atoms. The molecule has 3 rings (SSSR count). The highest BCUT2D eigenvalue weighted by Gasteiger charge is 2.02. The van der Waals surface area contributed by atoms with Crippen molar-refractivity contribution in [1.82, 2.24) is 14.8 Å². The van der Waals surface area contributed by atoms with Crippen molar-refractivity contribution in [3.05, 3.63) is 52.9 Å². The Morgan fingerprint density at radius 3 is 3.00 bits per heavy atom. The van der Waals surface area contributed by atoms with Crippen molar-refractivity contribution in [3.63, 3.8) is 0 Å². The van der Waals surface area contributed by atoms with Gasteiger partial charge in [-0.05, 0) is 36.8 Å². The number of hydrogen-bond donors (Lipinski definition) is 1. The van der Waals surface area contributed by atoms with Gasteiger partial charge in [-0.2, -0.15) is 5.10 Å². The van der Waals surface area contributed by atoms with Gasteiger partial charge in [-0.15, -0.1) is 0 Å². The van der Waals surface area contributed by atoms with E-state index in [1.807, 2.05) is 48.4 Å². The fourth-order valence-corrected chi connectivity index (χ4v) is 2.53. The van der Waals surface area contributed by atoms with Crippen LogP contribution in [0, 0.1) is 6.92 Å². The Morgan fingerprint density at radius 1 is 1.30 bits per heavy atom. The van der Waals surface area contributed by atoms with Gasteiger partial charge in [0, 0.05) is 34.5 Å². The number of rotatable bonds is 4. The maximum absolute atomic E-state index is 4.37. The second-order valence-corrected chi connectivity index (χ2v) is 5.64. The van der Waals surface area contributed by atoms with Gasteiger partial charge >= 0.3 is 0 Å². The van der Waals surface area contributed by atoms with E-state index in [-0.39, 0.29) is 0 Å². The topological polar surface area (TPSA) is 42.7 Å². The summed E-state index contributed by atoms with van der Waals surface area (Å²) in [5.41, 5.74) is 3.27. The minimum Gasteiger partial charge on any atom is -0.383 e. The first-order valence-electron chi connectivity index (χ1n) is 6.49. The second-order valence-electron chi connectivity index (χ2n) is 4.73. The summed E-state index contributed by atoms with van der Waals surface area (Å²) in [4.78, 5) is 4.37. The molecular weight excluding hydrogens is 316 g/mol. The first-order valence-corrected chi connectivity index (χ1v) is 7.29. The van der Waals surface area contributed by atoms with E-state index in [1.165, 1.54) is 5.56 Å². The number of benzene rings is 1. The summed E-state index contributed by atoms with van der Waals surface area (Å²) in [5, 5.41) is 8.85. The number of halogens is 1. The Bertz CT molecular complexity index is 736. The summed E-state index contributed by atoms with van der Waals surface area (Å²) in [5.74, 6) is 0. The molecule has 0 atom stereocenters. The quantitative estimate of drug-likeness (QED) is 0.794. The summed E-state index contributed by atoms with van der Waals surface area (Å²) in [6, 6.07) is 8.11. The number of aromatic nitrogens is 3. The Kier molecular flexibility index (Phi) is 3.69. The number of anilines is 1. The molecule has 2 aromatic heterocycles. The van der Waals surface area contributed by atoms with Gasteiger partial charge in [-0.3, -0.25) is 9.67 Å². The van der Waals surface area contributed by atoms with Gasteiger partial charge in [-0.25, -0.2) is 0 Å². The molecule has 0 aliphatic rings. The number of aryl methyl sites for hydroxylation is 1. The summed E-state index contributed by atoms with van der Waals surface area (Å²) >= 11 is 3.50. The minimum atomic E-state index is 0.826. The normalized spacial score (nSPS) is 10.9. The SMILES string of the molecule is Cc1cnn(CCNc2ccnc3ccc(Br)cc23)c1. The molecule has 0 radical (unpaired) electrons. The average molecular weight is 331 g/mol. The van der Waals surface area contributed by atoms with Crippen LogP contribution in [0.3, 0.4) is 0 Å². The molecule has 102 valence electrons. The molecule has 0 aliphatic heterocycles. The molecular formula is C15H15BrN4. The maximum Gasteiger partial charge on any atom is 0.0723 e. The second kappa shape index (κ2) is 5.63. The number of nitrogens with one attached hydrogen (secondary N) is 1. The highest BCUT2D eigenvalue weighted by atomic mass is 79.9. The zero-order valence-electron chi connectivity index (χ0n) is 11.2. The van der Waals surface area contributed by atoms with E-state index in [9.17, 15) is 0 Å². The molecule has 5 heteroatoms. The van der Waals surface area contributed by atoms with E-state index >= 15 is 0 Å². The molecule has 0 saturated heterocycles. The molecule has 20 heavy (non-hydrogen) atoms. The highest BCUT2D eigenvalue weighted by molar-refractivity contribution is 9.10. The third-order valence-electron chi connectivity index (χ3n) is 3.12. The van der Waals surface area contributed by atoms with Crippen molar-refractivity contribution >= 4 is 32.5 Å². The molecule has 0 aliphatic carbocycles. The Hall–Kier alpha value is -1.88. The zero-order chi connectivity index (χ0) is 13.9. The number of pyridine rings is 1. The van der Waals surface area contributed by atoms with Gasteiger partial charge in [-0.1, -0.05) is 15.9 Å². The summed E-state index contributed by atoms with van der Waals surface area (Å²) in [6.45, 7) is 3.71. The Labute approximate surface area is 126 Å². The van der Waals surface area contributed by atoms with E-state index in [0.29, 0.717) is 0 Å². The first-order chi connectivity index (χ1) is 9.72. The molecule has 2 heterocycles. The van der Waals surface area contributed by atoms with Crippen LogP contribution in [0.25, 0.3) is 10.9 Å². The van der Waals surface area contributed by atoms with Crippen LogP contribution >= 0.6 is 15.9 Å². The lowest BCUT2D eigenvalue weighted by Gasteiger charge is -2.09. The predicted octanol–water partition coefficient (Wildman–Crippen LogP) is 3.61. The standard InChI is InChI=1S/C15H15BrN4/c1-11-9-19-20(10-11)7-6-18-15-4-5-17-14-3-2-12(16)8-13(14)15/h2-5,8-10H,6-7H2,1H3,(H,17,18). The van der Waals surface area contributed by atoms with Crippen molar-refractivity contribution in [2.45, 2.75) is 13.5 Å². The molecule has 1 aromatic carbocycles. The highest BCUT2D eigenvalue weighted by Crippen LogP contribution is 2.24. The third kappa shape index (κ3) is 2.82. The summed E-state index contributed by atoms with van der Waals surface area (Å²) in [7, 11) is 0. The van der Waals surface area contributed by atoms with Crippen molar-refractivity contribution in [3.8, 4) is 0 Å². The van der Waals surface area contributed by atoms with E-state index in [4.69, 9.17) is 0 Å². The number of hydrogen-bond acceptors (Lipinski definition) is 3. The van der Waals surface area contributed by atoms with Gasteiger partial charge in [0.2, 0.25) is 0 Å². The van der Waals surface area contributed by atoms with E-state index in [1.54, 1.807) is 0 Å². The lowest BCUT2D eigenvalue weighted by atomic mass is 10.2. The molecule has 0 amide bonds. The van der Waals surface area contributed by atoms with E-state index in [2.05, 4.69) is 37.4 Å². The Morgan fingerprint density at radius 2 is 2.20 bits per heavy atom. The molecule has 4 nitrogen and oxygen atoms in total. The lowest BCUT2D eigenvalue weighted by molar-refractivity contribution is 0.638. The summed E-state index contributed by atoms with van der Waals surface area (Å²) < 4.78 is 3.01. The average Bonchev–Trinajstić information content (AvgIpc) is 2.85. The van der Waals surface area contributed by atoms with Crippen LogP contribution < -0.4 is 5.32 Å². The number of fused-ring (bicyclic) bond motifs is 1. The molecule has 3 aromatic rings. The van der Waals surface area contributed by atoms with Crippen molar-refractivity contribution < 1.29 is 0 Å². The molecule has 0 saturated carbocycles. The van der Waals surface area contributed by atoms with Crippen LogP contribution in [0.2, 0.25) is 0 Å². The van der Waals surface area contributed by atoms with E-state index in [0.717, 1.165) is 34.2 Å². The van der Waals surface area contributed by atoms with Crippen LogP contribution in [-0.4, -0.2) is 21.3 Å². The fraction of sp³-hybridized carbons (Fsp3) is 0.200. The van der Waals surface area contributed by atoms with Gasteiger partial charge in [0.05, 0.1) is 18.3 Å². The van der Waals surface area contributed by atoms with Crippen molar-refractivity contribution in [2.24, 2.45) is 0 Å². The van der Waals surface area contributed by atoms with Crippen LogP contribution in [0.1, 0.15) is 5.56 Å². The van der Waals surface area contributed by atoms with Crippen molar-refractivity contribution in [1.29, 1.82) is 0 Å². The molecule has 0 fully saturated rings. The van der Waals surface area contributed by atoms with Crippen molar-refractivity contribution in [2.75, 3.05) is 11.9 Å². The van der Waals surface area contributed by atoms with Crippen LogP contribution in [0.15, 0.2) is 47.3 Å².